The molecule has 2 nitrogen and oxygen atoms in total. The molecule has 0 spiro atoms. The SMILES string of the molecule is CC(O)(Cc1cncc(Br)c1)c1cccc(Cl)c1. The number of hydrogen-bond donors (Lipinski definition) is 1. The molecule has 94 valence electrons. The van der Waals surface area contributed by atoms with Crippen LogP contribution in [-0.2, 0) is 12.0 Å². The molecule has 1 atom stereocenters. The number of rotatable bonds is 3. The molecular formula is C14H13BrClNO. The molecule has 0 fully saturated rings. The molecular weight excluding hydrogens is 314 g/mol. The normalized spacial score (nSPS) is 14.2. The molecule has 1 heterocycles. The summed E-state index contributed by atoms with van der Waals surface area (Å²) in [6.45, 7) is 1.78. The zero-order valence-corrected chi connectivity index (χ0v) is 12.2. The minimum absolute atomic E-state index is 0.486. The second kappa shape index (κ2) is 5.39. The fourth-order valence-corrected chi connectivity index (χ4v) is 2.48. The molecule has 0 bridgehead atoms. The van der Waals surface area contributed by atoms with E-state index >= 15 is 0 Å². The highest BCUT2D eigenvalue weighted by molar-refractivity contribution is 9.10. The summed E-state index contributed by atoms with van der Waals surface area (Å²) in [6, 6.07) is 9.24. The van der Waals surface area contributed by atoms with Gasteiger partial charge in [0.2, 0.25) is 0 Å². The Morgan fingerprint density at radius 2 is 2.11 bits per heavy atom. The molecule has 2 aromatic rings. The third kappa shape index (κ3) is 3.31. The second-order valence-electron chi connectivity index (χ2n) is 4.47. The van der Waals surface area contributed by atoms with Crippen LogP contribution in [0.3, 0.4) is 0 Å². The molecule has 1 unspecified atom stereocenters. The van der Waals surface area contributed by atoms with Crippen molar-refractivity contribution in [2.45, 2.75) is 18.9 Å². The van der Waals surface area contributed by atoms with Gasteiger partial charge in [-0.2, -0.15) is 0 Å². The van der Waals surface area contributed by atoms with E-state index in [1.54, 1.807) is 31.5 Å². The van der Waals surface area contributed by atoms with Crippen LogP contribution in [0.25, 0.3) is 0 Å². The highest BCUT2D eigenvalue weighted by Gasteiger charge is 2.23. The zero-order valence-electron chi connectivity index (χ0n) is 9.90. The van der Waals surface area contributed by atoms with Gasteiger partial charge in [-0.15, -0.1) is 0 Å². The highest BCUT2D eigenvalue weighted by atomic mass is 79.9. The standard InChI is InChI=1S/C14H13BrClNO/c1-14(18,11-3-2-4-13(16)6-11)7-10-5-12(15)9-17-8-10/h2-6,8-9,18H,7H2,1H3. The Kier molecular flexibility index (Phi) is 4.05. The summed E-state index contributed by atoms with van der Waals surface area (Å²) in [5.74, 6) is 0. The number of nitrogens with zero attached hydrogens (tertiary/aromatic N) is 1. The van der Waals surface area contributed by atoms with Crippen molar-refractivity contribution in [3.8, 4) is 0 Å². The lowest BCUT2D eigenvalue weighted by molar-refractivity contribution is 0.0575. The van der Waals surface area contributed by atoms with Gasteiger partial charge in [-0.25, -0.2) is 0 Å². The fraction of sp³-hybridized carbons (Fsp3) is 0.214. The van der Waals surface area contributed by atoms with Gasteiger partial charge in [-0.05, 0) is 52.2 Å². The summed E-state index contributed by atoms with van der Waals surface area (Å²) in [7, 11) is 0. The lowest BCUT2D eigenvalue weighted by Crippen LogP contribution is -2.24. The number of hydrogen-bond acceptors (Lipinski definition) is 2. The molecule has 1 N–H and O–H groups in total. The van der Waals surface area contributed by atoms with Gasteiger partial charge in [-0.1, -0.05) is 23.7 Å². The summed E-state index contributed by atoms with van der Waals surface area (Å²) < 4.78 is 0.905. The summed E-state index contributed by atoms with van der Waals surface area (Å²) in [5, 5.41) is 11.2. The van der Waals surface area contributed by atoms with Gasteiger partial charge in [0.15, 0.2) is 0 Å². The summed E-state index contributed by atoms with van der Waals surface area (Å²) in [5.41, 5.74) is 0.803. The lowest BCUT2D eigenvalue weighted by atomic mass is 9.90. The average Bonchev–Trinajstić information content (AvgIpc) is 2.28. The highest BCUT2D eigenvalue weighted by Crippen LogP contribution is 2.27. The largest absolute Gasteiger partial charge is 0.385 e. The van der Waals surface area contributed by atoms with Crippen LogP contribution in [0.4, 0.5) is 0 Å². The van der Waals surface area contributed by atoms with Crippen LogP contribution in [0.15, 0.2) is 47.2 Å². The van der Waals surface area contributed by atoms with E-state index in [1.807, 2.05) is 18.2 Å². The van der Waals surface area contributed by atoms with Crippen molar-refractivity contribution in [3.05, 3.63) is 63.3 Å². The Morgan fingerprint density at radius 3 is 2.78 bits per heavy atom. The van der Waals surface area contributed by atoms with Crippen LogP contribution in [0.2, 0.25) is 5.02 Å². The van der Waals surface area contributed by atoms with E-state index in [1.165, 1.54) is 0 Å². The first kappa shape index (κ1) is 13.5. The van der Waals surface area contributed by atoms with Crippen LogP contribution in [-0.4, -0.2) is 10.1 Å². The predicted molar refractivity (Wildman–Crippen MR) is 76.7 cm³/mol. The summed E-state index contributed by atoms with van der Waals surface area (Å²) >= 11 is 9.32. The Morgan fingerprint density at radius 1 is 1.33 bits per heavy atom. The Bertz CT molecular complexity index is 557. The van der Waals surface area contributed by atoms with Gasteiger partial charge in [0.05, 0.1) is 5.60 Å². The van der Waals surface area contributed by atoms with Gasteiger partial charge in [0.25, 0.3) is 0 Å². The topological polar surface area (TPSA) is 33.1 Å². The van der Waals surface area contributed by atoms with E-state index < -0.39 is 5.60 Å². The summed E-state index contributed by atoms with van der Waals surface area (Å²) in [6.07, 6.45) is 3.96. The molecule has 0 aliphatic heterocycles. The first-order valence-electron chi connectivity index (χ1n) is 5.55. The van der Waals surface area contributed by atoms with Crippen LogP contribution in [0.1, 0.15) is 18.1 Å². The first-order valence-corrected chi connectivity index (χ1v) is 6.72. The van der Waals surface area contributed by atoms with Crippen LogP contribution >= 0.6 is 27.5 Å². The van der Waals surface area contributed by atoms with Crippen molar-refractivity contribution < 1.29 is 5.11 Å². The van der Waals surface area contributed by atoms with Gasteiger partial charge in [-0.3, -0.25) is 4.98 Å². The molecule has 0 aliphatic rings. The van der Waals surface area contributed by atoms with E-state index in [4.69, 9.17) is 11.6 Å². The van der Waals surface area contributed by atoms with Crippen molar-refractivity contribution in [2.24, 2.45) is 0 Å². The number of pyridine rings is 1. The molecule has 0 saturated heterocycles. The van der Waals surface area contributed by atoms with Gasteiger partial charge in [0, 0.05) is 28.3 Å². The minimum Gasteiger partial charge on any atom is -0.385 e. The number of benzene rings is 1. The van der Waals surface area contributed by atoms with E-state index in [2.05, 4.69) is 20.9 Å². The lowest BCUT2D eigenvalue weighted by Gasteiger charge is -2.24. The molecule has 1 aromatic carbocycles. The molecule has 1 aromatic heterocycles. The molecule has 0 amide bonds. The van der Waals surface area contributed by atoms with Crippen molar-refractivity contribution in [1.82, 2.24) is 4.98 Å². The summed E-state index contributed by atoms with van der Waals surface area (Å²) in [4.78, 5) is 4.10. The van der Waals surface area contributed by atoms with Gasteiger partial charge in [0.1, 0.15) is 0 Å². The van der Waals surface area contributed by atoms with E-state index in [0.717, 1.165) is 15.6 Å². The molecule has 0 radical (unpaired) electrons. The first-order chi connectivity index (χ1) is 8.47. The van der Waals surface area contributed by atoms with E-state index in [-0.39, 0.29) is 0 Å². The maximum atomic E-state index is 10.6. The quantitative estimate of drug-likeness (QED) is 0.926. The molecule has 0 aliphatic carbocycles. The minimum atomic E-state index is -0.965. The van der Waals surface area contributed by atoms with Crippen molar-refractivity contribution >= 4 is 27.5 Å². The Labute approximate surface area is 120 Å². The monoisotopic (exact) mass is 325 g/mol. The number of aliphatic hydroxyl groups is 1. The smallest absolute Gasteiger partial charge is 0.0909 e. The maximum Gasteiger partial charge on any atom is 0.0909 e. The van der Waals surface area contributed by atoms with Crippen LogP contribution < -0.4 is 0 Å². The van der Waals surface area contributed by atoms with Crippen molar-refractivity contribution in [2.75, 3.05) is 0 Å². The maximum absolute atomic E-state index is 10.6. The van der Waals surface area contributed by atoms with Gasteiger partial charge >= 0.3 is 0 Å². The fourth-order valence-electron chi connectivity index (χ4n) is 1.88. The Balaban J connectivity index is 2.26. The third-order valence-electron chi connectivity index (χ3n) is 2.76. The predicted octanol–water partition coefficient (Wildman–Crippen LogP) is 3.95. The van der Waals surface area contributed by atoms with Crippen LogP contribution in [0.5, 0.6) is 0 Å². The number of aromatic nitrogens is 1. The number of halogens is 2. The second-order valence-corrected chi connectivity index (χ2v) is 5.82. The third-order valence-corrected chi connectivity index (χ3v) is 3.43. The molecule has 2 rings (SSSR count). The average molecular weight is 327 g/mol. The van der Waals surface area contributed by atoms with Crippen molar-refractivity contribution in [1.29, 1.82) is 0 Å². The zero-order chi connectivity index (χ0) is 13.2. The molecule has 18 heavy (non-hydrogen) atoms. The van der Waals surface area contributed by atoms with Gasteiger partial charge < -0.3 is 5.11 Å². The van der Waals surface area contributed by atoms with Crippen molar-refractivity contribution in [3.63, 3.8) is 0 Å². The molecule has 0 saturated carbocycles. The van der Waals surface area contributed by atoms with Crippen LogP contribution in [0, 0.1) is 0 Å². The van der Waals surface area contributed by atoms with E-state index in [0.29, 0.717) is 11.4 Å². The van der Waals surface area contributed by atoms with E-state index in [9.17, 15) is 5.11 Å². The Hall–Kier alpha value is -0.900. The molecule has 4 heteroatoms.